The molecule has 5 heteroatoms. The van der Waals surface area contributed by atoms with Gasteiger partial charge < -0.3 is 14.6 Å². The van der Waals surface area contributed by atoms with Crippen molar-refractivity contribution >= 4 is 5.91 Å². The van der Waals surface area contributed by atoms with Crippen LogP contribution in [0.25, 0.3) is 0 Å². The summed E-state index contributed by atoms with van der Waals surface area (Å²) < 4.78 is 5.73. The van der Waals surface area contributed by atoms with E-state index in [9.17, 15) is 4.79 Å². The molecule has 0 atom stereocenters. The Kier molecular flexibility index (Phi) is 6.00. The van der Waals surface area contributed by atoms with E-state index in [4.69, 9.17) is 4.42 Å². The van der Waals surface area contributed by atoms with Crippen LogP contribution in [0.5, 0.6) is 0 Å². The summed E-state index contributed by atoms with van der Waals surface area (Å²) in [6, 6.07) is 0. The quantitative estimate of drug-likeness (QED) is 0.878. The Morgan fingerprint density at radius 3 is 2.64 bits per heavy atom. The fourth-order valence-electron chi connectivity index (χ4n) is 2.91. The van der Waals surface area contributed by atoms with Crippen LogP contribution in [0, 0.1) is 12.8 Å². The zero-order valence-corrected chi connectivity index (χ0v) is 14.3. The molecule has 1 amide bonds. The molecule has 1 N–H and O–H groups in total. The molecule has 1 aliphatic heterocycles. The van der Waals surface area contributed by atoms with Crippen LogP contribution in [0.4, 0.5) is 0 Å². The molecule has 1 aromatic rings. The number of carbonyl (C=O) groups is 1. The molecule has 5 nitrogen and oxygen atoms in total. The first-order valence-corrected chi connectivity index (χ1v) is 8.47. The highest BCUT2D eigenvalue weighted by Crippen LogP contribution is 2.19. The number of hydrogen-bond donors (Lipinski definition) is 1. The van der Waals surface area contributed by atoms with Gasteiger partial charge in [0.2, 0.25) is 5.91 Å². The second kappa shape index (κ2) is 7.77. The minimum absolute atomic E-state index is 0.140. The van der Waals surface area contributed by atoms with E-state index in [1.165, 1.54) is 6.42 Å². The molecule has 1 saturated heterocycles. The first-order chi connectivity index (χ1) is 10.5. The molecule has 0 aromatic carbocycles. The van der Waals surface area contributed by atoms with E-state index in [0.29, 0.717) is 6.54 Å². The van der Waals surface area contributed by atoms with Gasteiger partial charge >= 0.3 is 0 Å². The number of aryl methyl sites for hydroxylation is 1. The summed E-state index contributed by atoms with van der Waals surface area (Å²) in [6.45, 7) is 11.9. The standard InChI is InChI=1S/C17H29N3O2/c1-5-8-20-9-6-14(7-10-20)16(21)18-11-15-13(4)19-17(22-15)12(2)3/h12,14H,5-11H2,1-4H3,(H,18,21). The van der Waals surface area contributed by atoms with E-state index < -0.39 is 0 Å². The van der Waals surface area contributed by atoms with Gasteiger partial charge in [-0.3, -0.25) is 4.79 Å². The highest BCUT2D eigenvalue weighted by atomic mass is 16.4. The molecule has 0 aliphatic carbocycles. The molecule has 0 spiro atoms. The number of oxazole rings is 1. The fraction of sp³-hybridized carbons (Fsp3) is 0.765. The molecule has 0 unspecified atom stereocenters. The number of likely N-dealkylation sites (tertiary alicyclic amines) is 1. The van der Waals surface area contributed by atoms with Crippen molar-refractivity contribution in [2.24, 2.45) is 5.92 Å². The van der Waals surface area contributed by atoms with Gasteiger partial charge in [0.15, 0.2) is 5.89 Å². The molecule has 0 bridgehead atoms. The first kappa shape index (κ1) is 17.0. The van der Waals surface area contributed by atoms with Crippen molar-refractivity contribution in [2.45, 2.75) is 59.4 Å². The SMILES string of the molecule is CCCN1CCC(C(=O)NCc2oc(C(C)C)nc2C)CC1. The van der Waals surface area contributed by atoms with Crippen LogP contribution in [0.1, 0.15) is 63.3 Å². The van der Waals surface area contributed by atoms with Gasteiger partial charge in [0.1, 0.15) is 5.76 Å². The molecule has 1 aliphatic rings. The summed E-state index contributed by atoms with van der Waals surface area (Å²) in [5.74, 6) is 2.08. The van der Waals surface area contributed by atoms with Crippen molar-refractivity contribution in [3.8, 4) is 0 Å². The normalized spacial score (nSPS) is 17.1. The molecule has 2 heterocycles. The third-order valence-electron chi connectivity index (χ3n) is 4.32. The smallest absolute Gasteiger partial charge is 0.223 e. The Hall–Kier alpha value is -1.36. The Labute approximate surface area is 133 Å². The van der Waals surface area contributed by atoms with Crippen molar-refractivity contribution in [3.63, 3.8) is 0 Å². The van der Waals surface area contributed by atoms with E-state index in [1.807, 2.05) is 6.92 Å². The van der Waals surface area contributed by atoms with Crippen molar-refractivity contribution < 1.29 is 9.21 Å². The van der Waals surface area contributed by atoms with Gasteiger partial charge in [-0.1, -0.05) is 20.8 Å². The van der Waals surface area contributed by atoms with Crippen LogP contribution in [-0.4, -0.2) is 35.4 Å². The van der Waals surface area contributed by atoms with E-state index in [2.05, 4.69) is 36.0 Å². The highest BCUT2D eigenvalue weighted by Gasteiger charge is 2.24. The van der Waals surface area contributed by atoms with Crippen molar-refractivity contribution in [3.05, 3.63) is 17.3 Å². The third-order valence-corrected chi connectivity index (χ3v) is 4.32. The molecule has 22 heavy (non-hydrogen) atoms. The van der Waals surface area contributed by atoms with Crippen LogP contribution in [-0.2, 0) is 11.3 Å². The monoisotopic (exact) mass is 307 g/mol. The molecular weight excluding hydrogens is 278 g/mol. The lowest BCUT2D eigenvalue weighted by atomic mass is 9.96. The number of rotatable bonds is 6. The van der Waals surface area contributed by atoms with E-state index in [0.717, 1.165) is 49.8 Å². The summed E-state index contributed by atoms with van der Waals surface area (Å²) in [7, 11) is 0. The van der Waals surface area contributed by atoms with Crippen LogP contribution in [0.2, 0.25) is 0 Å². The lowest BCUT2D eigenvalue weighted by molar-refractivity contribution is -0.126. The number of nitrogens with zero attached hydrogens (tertiary/aromatic N) is 2. The number of piperidine rings is 1. The molecule has 0 saturated carbocycles. The number of nitrogens with one attached hydrogen (secondary N) is 1. The summed E-state index contributed by atoms with van der Waals surface area (Å²) in [6.07, 6.45) is 3.09. The minimum atomic E-state index is 0.140. The number of amides is 1. The maximum absolute atomic E-state index is 12.3. The van der Waals surface area contributed by atoms with Gasteiger partial charge in [0.05, 0.1) is 12.2 Å². The van der Waals surface area contributed by atoms with Gasteiger partial charge in [-0.2, -0.15) is 0 Å². The number of aromatic nitrogens is 1. The number of hydrogen-bond acceptors (Lipinski definition) is 4. The second-order valence-electron chi connectivity index (χ2n) is 6.55. The van der Waals surface area contributed by atoms with Crippen LogP contribution < -0.4 is 5.32 Å². The van der Waals surface area contributed by atoms with Crippen LogP contribution >= 0.6 is 0 Å². The topological polar surface area (TPSA) is 58.4 Å². The Balaban J connectivity index is 1.81. The van der Waals surface area contributed by atoms with Crippen LogP contribution in [0.3, 0.4) is 0 Å². The van der Waals surface area contributed by atoms with E-state index in [1.54, 1.807) is 0 Å². The maximum atomic E-state index is 12.3. The Bertz CT molecular complexity index is 488. The van der Waals surface area contributed by atoms with Crippen LogP contribution in [0.15, 0.2) is 4.42 Å². The van der Waals surface area contributed by atoms with Crippen molar-refractivity contribution in [1.82, 2.24) is 15.2 Å². The average Bonchev–Trinajstić information content (AvgIpc) is 2.87. The summed E-state index contributed by atoms with van der Waals surface area (Å²) in [5, 5.41) is 3.02. The molecule has 2 rings (SSSR count). The average molecular weight is 307 g/mol. The molecule has 124 valence electrons. The first-order valence-electron chi connectivity index (χ1n) is 8.47. The number of carbonyl (C=O) groups excluding carboxylic acids is 1. The predicted molar refractivity (Wildman–Crippen MR) is 86.6 cm³/mol. The maximum Gasteiger partial charge on any atom is 0.223 e. The molecular formula is C17H29N3O2. The zero-order valence-electron chi connectivity index (χ0n) is 14.3. The predicted octanol–water partition coefficient (Wildman–Crippen LogP) is 2.84. The Morgan fingerprint density at radius 2 is 2.09 bits per heavy atom. The van der Waals surface area contributed by atoms with Crippen molar-refractivity contribution in [2.75, 3.05) is 19.6 Å². The molecule has 0 radical (unpaired) electrons. The van der Waals surface area contributed by atoms with Crippen molar-refractivity contribution in [1.29, 1.82) is 0 Å². The summed E-state index contributed by atoms with van der Waals surface area (Å²) in [5.41, 5.74) is 0.877. The van der Waals surface area contributed by atoms with Gasteiger partial charge in [-0.05, 0) is 45.8 Å². The summed E-state index contributed by atoms with van der Waals surface area (Å²) >= 11 is 0. The zero-order chi connectivity index (χ0) is 16.1. The minimum Gasteiger partial charge on any atom is -0.443 e. The van der Waals surface area contributed by atoms with Gasteiger partial charge in [0, 0.05) is 11.8 Å². The lowest BCUT2D eigenvalue weighted by Gasteiger charge is -2.30. The second-order valence-corrected chi connectivity index (χ2v) is 6.55. The highest BCUT2D eigenvalue weighted by molar-refractivity contribution is 5.78. The Morgan fingerprint density at radius 1 is 1.41 bits per heavy atom. The van der Waals surface area contributed by atoms with Gasteiger partial charge in [-0.25, -0.2) is 4.98 Å². The lowest BCUT2D eigenvalue weighted by Crippen LogP contribution is -2.40. The largest absolute Gasteiger partial charge is 0.443 e. The van der Waals surface area contributed by atoms with E-state index in [-0.39, 0.29) is 17.7 Å². The summed E-state index contributed by atoms with van der Waals surface area (Å²) in [4.78, 5) is 19.1. The van der Waals surface area contributed by atoms with Gasteiger partial charge in [-0.15, -0.1) is 0 Å². The van der Waals surface area contributed by atoms with E-state index >= 15 is 0 Å². The van der Waals surface area contributed by atoms with Gasteiger partial charge in [0.25, 0.3) is 0 Å². The fourth-order valence-corrected chi connectivity index (χ4v) is 2.91. The molecule has 1 aromatic heterocycles. The molecule has 1 fully saturated rings. The third kappa shape index (κ3) is 4.32.